The van der Waals surface area contributed by atoms with Crippen LogP contribution in [0.1, 0.15) is 33.6 Å². The molecule has 0 saturated carbocycles. The Labute approximate surface area is 184 Å². The van der Waals surface area contributed by atoms with E-state index in [4.69, 9.17) is 4.74 Å². The molecule has 1 aromatic carbocycles. The van der Waals surface area contributed by atoms with Gasteiger partial charge in [-0.05, 0) is 43.9 Å². The second-order valence-electron chi connectivity index (χ2n) is 6.19. The summed E-state index contributed by atoms with van der Waals surface area (Å²) in [7, 11) is 3.51. The first-order valence-corrected chi connectivity index (χ1v) is 9.92. The van der Waals surface area contributed by atoms with Crippen LogP contribution in [-0.4, -0.2) is 38.2 Å². The van der Waals surface area contributed by atoms with Crippen molar-refractivity contribution in [3.63, 3.8) is 0 Å². The highest BCUT2D eigenvalue weighted by Gasteiger charge is 2.06. The van der Waals surface area contributed by atoms with E-state index < -0.39 is 0 Å². The van der Waals surface area contributed by atoms with E-state index in [0.717, 1.165) is 49.6 Å². The lowest BCUT2D eigenvalue weighted by Crippen LogP contribution is -2.39. The van der Waals surface area contributed by atoms with Gasteiger partial charge in [-0.25, -0.2) is 4.98 Å². The topological polar surface area (TPSA) is 58.5 Å². The zero-order chi connectivity index (χ0) is 18.9. The minimum absolute atomic E-state index is 0. The van der Waals surface area contributed by atoms with Crippen molar-refractivity contribution in [2.75, 3.05) is 27.2 Å². The second-order valence-corrected chi connectivity index (χ2v) is 7.48. The van der Waals surface area contributed by atoms with Crippen LogP contribution in [0.25, 0.3) is 0 Å². The predicted molar refractivity (Wildman–Crippen MR) is 126 cm³/mol. The molecule has 0 fully saturated rings. The van der Waals surface area contributed by atoms with Crippen molar-refractivity contribution in [1.29, 1.82) is 0 Å². The largest absolute Gasteiger partial charge is 0.496 e. The summed E-state index contributed by atoms with van der Waals surface area (Å²) in [5, 5.41) is 7.92. The Morgan fingerprint density at radius 3 is 2.48 bits per heavy atom. The zero-order valence-corrected chi connectivity index (χ0v) is 20.0. The molecule has 0 saturated heterocycles. The molecule has 2 N–H and O–H groups in total. The van der Waals surface area contributed by atoms with Crippen molar-refractivity contribution >= 4 is 41.3 Å². The van der Waals surface area contributed by atoms with Gasteiger partial charge in [0.25, 0.3) is 0 Å². The van der Waals surface area contributed by atoms with E-state index in [-0.39, 0.29) is 24.0 Å². The lowest BCUT2D eigenvalue weighted by atomic mass is 10.1. The molecule has 150 valence electrons. The van der Waals surface area contributed by atoms with E-state index in [2.05, 4.69) is 59.6 Å². The van der Waals surface area contributed by atoms with Crippen LogP contribution in [0, 0.1) is 13.8 Å². The fourth-order valence-corrected chi connectivity index (χ4v) is 3.80. The minimum Gasteiger partial charge on any atom is -0.496 e. The van der Waals surface area contributed by atoms with Crippen molar-refractivity contribution in [2.24, 2.45) is 4.99 Å². The number of rotatable bonds is 8. The number of guanidine groups is 1. The van der Waals surface area contributed by atoms with Gasteiger partial charge in [-0.1, -0.05) is 19.1 Å². The Hall–Kier alpha value is -1.35. The van der Waals surface area contributed by atoms with Gasteiger partial charge in [-0.3, -0.25) is 4.99 Å². The number of hydrogen-bond acceptors (Lipinski definition) is 4. The van der Waals surface area contributed by atoms with Crippen molar-refractivity contribution < 1.29 is 4.74 Å². The van der Waals surface area contributed by atoms with Crippen LogP contribution >= 0.6 is 35.3 Å². The molecule has 5 nitrogen and oxygen atoms in total. The molecule has 1 aromatic heterocycles. The predicted octanol–water partition coefficient (Wildman–Crippen LogP) is 3.90. The van der Waals surface area contributed by atoms with Crippen LogP contribution in [-0.2, 0) is 19.3 Å². The number of benzene rings is 1. The fraction of sp³-hybridized carbons (Fsp3) is 0.500. The Morgan fingerprint density at radius 2 is 1.89 bits per heavy atom. The molecule has 27 heavy (non-hydrogen) atoms. The molecule has 0 spiro atoms. The number of nitrogens with zero attached hydrogens (tertiary/aromatic N) is 2. The third-order valence-electron chi connectivity index (χ3n) is 4.31. The Kier molecular flexibility index (Phi) is 10.7. The Bertz CT molecular complexity index is 746. The molecule has 0 atom stereocenters. The van der Waals surface area contributed by atoms with E-state index in [1.807, 2.05) is 0 Å². The lowest BCUT2D eigenvalue weighted by molar-refractivity contribution is 0.411. The summed E-state index contributed by atoms with van der Waals surface area (Å²) < 4.78 is 5.39. The third-order valence-corrected chi connectivity index (χ3v) is 5.38. The van der Waals surface area contributed by atoms with Crippen molar-refractivity contribution in [2.45, 2.75) is 40.0 Å². The van der Waals surface area contributed by atoms with Crippen molar-refractivity contribution in [3.8, 4) is 5.75 Å². The molecule has 0 aliphatic heterocycles. The second kappa shape index (κ2) is 12.2. The van der Waals surface area contributed by atoms with Crippen molar-refractivity contribution in [3.05, 3.63) is 44.9 Å². The van der Waals surface area contributed by atoms with Gasteiger partial charge in [0.05, 0.1) is 17.8 Å². The van der Waals surface area contributed by atoms with E-state index in [0.29, 0.717) is 0 Å². The van der Waals surface area contributed by atoms with Gasteiger partial charge in [-0.15, -0.1) is 35.3 Å². The summed E-state index contributed by atoms with van der Waals surface area (Å²) in [5.41, 5.74) is 3.63. The van der Waals surface area contributed by atoms with Crippen LogP contribution in [0.15, 0.2) is 23.2 Å². The first-order valence-electron chi connectivity index (χ1n) is 9.10. The number of nitrogens with one attached hydrogen (secondary N) is 2. The van der Waals surface area contributed by atoms with E-state index in [1.165, 1.54) is 21.1 Å². The van der Waals surface area contributed by atoms with E-state index in [9.17, 15) is 0 Å². The van der Waals surface area contributed by atoms with Gasteiger partial charge in [0, 0.05) is 31.4 Å². The fourth-order valence-electron chi connectivity index (χ4n) is 2.78. The molecule has 2 aromatic rings. The summed E-state index contributed by atoms with van der Waals surface area (Å²) in [4.78, 5) is 10.3. The average Bonchev–Trinajstić information content (AvgIpc) is 3.01. The maximum Gasteiger partial charge on any atom is 0.191 e. The molecule has 0 unspecified atom stereocenters. The standard InChI is InChI=1S/C20H30N4OS.HI/c1-6-17-15(3)26-19(24-17)10-12-23-20(21-4)22-11-9-16-8-7-14(2)18(13-16)25-5;/h7-8,13H,6,9-12H2,1-5H3,(H2,21,22,23);1H. The highest BCUT2D eigenvalue weighted by molar-refractivity contribution is 14.0. The summed E-state index contributed by atoms with van der Waals surface area (Å²) >= 11 is 1.79. The van der Waals surface area contributed by atoms with Gasteiger partial charge < -0.3 is 15.4 Å². The highest BCUT2D eigenvalue weighted by Crippen LogP contribution is 2.19. The van der Waals surface area contributed by atoms with Gasteiger partial charge in [-0.2, -0.15) is 0 Å². The van der Waals surface area contributed by atoms with Crippen LogP contribution in [0.5, 0.6) is 5.75 Å². The average molecular weight is 502 g/mol. The number of aryl methyl sites for hydroxylation is 3. The lowest BCUT2D eigenvalue weighted by Gasteiger charge is -2.12. The SMILES string of the molecule is CCc1nc(CCNC(=NC)NCCc2ccc(C)c(OC)c2)sc1C.I. The van der Waals surface area contributed by atoms with Gasteiger partial charge in [0.1, 0.15) is 5.75 Å². The number of methoxy groups -OCH3 is 1. The number of ether oxygens (including phenoxy) is 1. The van der Waals surface area contributed by atoms with Gasteiger partial charge in [0.15, 0.2) is 5.96 Å². The summed E-state index contributed by atoms with van der Waals surface area (Å²) in [6.07, 6.45) is 2.84. The van der Waals surface area contributed by atoms with Crippen LogP contribution in [0.4, 0.5) is 0 Å². The highest BCUT2D eigenvalue weighted by atomic mass is 127. The molecular weight excluding hydrogens is 471 g/mol. The summed E-state index contributed by atoms with van der Waals surface area (Å²) in [6, 6.07) is 6.34. The van der Waals surface area contributed by atoms with Crippen LogP contribution < -0.4 is 15.4 Å². The molecule has 2 rings (SSSR count). The first-order chi connectivity index (χ1) is 12.6. The third kappa shape index (κ3) is 7.29. The monoisotopic (exact) mass is 502 g/mol. The van der Waals surface area contributed by atoms with Crippen molar-refractivity contribution in [1.82, 2.24) is 15.6 Å². The Morgan fingerprint density at radius 1 is 1.19 bits per heavy atom. The number of hydrogen-bond donors (Lipinski definition) is 2. The van der Waals surface area contributed by atoms with Crippen LogP contribution in [0.2, 0.25) is 0 Å². The molecule has 0 radical (unpaired) electrons. The maximum absolute atomic E-state index is 5.39. The quantitative estimate of drug-likeness (QED) is 0.327. The number of aliphatic imine (C=N–C) groups is 1. The van der Waals surface area contributed by atoms with E-state index >= 15 is 0 Å². The maximum atomic E-state index is 5.39. The first kappa shape index (κ1) is 23.7. The smallest absolute Gasteiger partial charge is 0.191 e. The summed E-state index contributed by atoms with van der Waals surface area (Å²) in [6.45, 7) is 8.00. The summed E-state index contributed by atoms with van der Waals surface area (Å²) in [5.74, 6) is 1.77. The molecule has 7 heteroatoms. The molecule has 0 amide bonds. The van der Waals surface area contributed by atoms with Gasteiger partial charge in [0.2, 0.25) is 0 Å². The van der Waals surface area contributed by atoms with Crippen LogP contribution in [0.3, 0.4) is 0 Å². The number of aromatic nitrogens is 1. The number of thiazole rings is 1. The number of halogens is 1. The molecule has 0 bridgehead atoms. The Balaban J connectivity index is 0.00000364. The molecule has 1 heterocycles. The minimum atomic E-state index is 0. The zero-order valence-electron chi connectivity index (χ0n) is 16.9. The van der Waals surface area contributed by atoms with Gasteiger partial charge >= 0.3 is 0 Å². The normalized spacial score (nSPS) is 11.1. The molecule has 0 aliphatic rings. The van der Waals surface area contributed by atoms with E-state index in [1.54, 1.807) is 25.5 Å². The molecular formula is C20H31IN4OS. The molecule has 0 aliphatic carbocycles.